The van der Waals surface area contributed by atoms with Crippen molar-refractivity contribution in [2.24, 2.45) is 0 Å². The molecular formula is C9H26N2S2. The fourth-order valence-electron chi connectivity index (χ4n) is 1.43. The van der Waals surface area contributed by atoms with Crippen LogP contribution in [0.1, 0.15) is 6.92 Å². The van der Waals surface area contributed by atoms with E-state index >= 15 is 0 Å². The molecule has 0 aromatic carbocycles. The Hall–Kier alpha value is 0.620. The van der Waals surface area contributed by atoms with Crippen LogP contribution in [0.25, 0.3) is 0 Å². The van der Waals surface area contributed by atoms with Crippen LogP contribution in [0.15, 0.2) is 0 Å². The van der Waals surface area contributed by atoms with Gasteiger partial charge in [0, 0.05) is 6.54 Å². The van der Waals surface area contributed by atoms with Gasteiger partial charge in [-0.3, -0.25) is 4.31 Å². The Kier molecular flexibility index (Phi) is 4.64. The predicted molar refractivity (Wildman–Crippen MR) is 70.9 cm³/mol. The summed E-state index contributed by atoms with van der Waals surface area (Å²) in [6.45, 7) is 3.41. The number of hydrogen-bond acceptors (Lipinski definition) is 2. The number of hydrogen-bond donors (Lipinski definition) is 0. The Morgan fingerprint density at radius 1 is 0.923 bits per heavy atom. The topological polar surface area (TPSA) is 6.48 Å². The molecule has 0 aliphatic carbocycles. The molecule has 0 unspecified atom stereocenters. The number of nitrogens with zero attached hydrogens (tertiary/aromatic N) is 2. The van der Waals surface area contributed by atoms with Gasteiger partial charge in [-0.05, 0) is 45.4 Å². The highest BCUT2D eigenvalue weighted by Gasteiger charge is 2.28. The van der Waals surface area contributed by atoms with Crippen molar-refractivity contribution in [2.75, 3.05) is 51.9 Å². The molecule has 0 aliphatic heterocycles. The van der Waals surface area contributed by atoms with Crippen molar-refractivity contribution in [2.45, 2.75) is 6.92 Å². The van der Waals surface area contributed by atoms with E-state index in [1.54, 1.807) is 0 Å². The van der Waals surface area contributed by atoms with Gasteiger partial charge < -0.3 is 0 Å². The van der Waals surface area contributed by atoms with Gasteiger partial charge in [-0.25, -0.2) is 3.71 Å². The van der Waals surface area contributed by atoms with Crippen LogP contribution in [0.4, 0.5) is 0 Å². The minimum Gasteiger partial charge on any atom is -0.262 e. The molecule has 13 heavy (non-hydrogen) atoms. The molecule has 0 saturated heterocycles. The van der Waals surface area contributed by atoms with Crippen LogP contribution < -0.4 is 0 Å². The molecule has 0 N–H and O–H groups in total. The summed E-state index contributed by atoms with van der Waals surface area (Å²) in [5.41, 5.74) is 0. The summed E-state index contributed by atoms with van der Waals surface area (Å²) in [7, 11) is 3.04. The van der Waals surface area contributed by atoms with Gasteiger partial charge in [0.15, 0.2) is 0 Å². The second-order valence-corrected chi connectivity index (χ2v) is 12.3. The first-order valence-corrected chi connectivity index (χ1v) is 9.68. The van der Waals surface area contributed by atoms with Crippen molar-refractivity contribution in [1.82, 2.24) is 8.02 Å². The van der Waals surface area contributed by atoms with Crippen LogP contribution in [0.5, 0.6) is 0 Å². The molecule has 0 atom stereocenters. The highest BCUT2D eigenvalue weighted by atomic mass is 32.3. The molecule has 4 heteroatoms. The molecule has 0 fully saturated rings. The predicted octanol–water partition coefficient (Wildman–Crippen LogP) is 2.37. The van der Waals surface area contributed by atoms with Crippen molar-refractivity contribution in [3.05, 3.63) is 0 Å². The Labute approximate surface area is 87.7 Å². The van der Waals surface area contributed by atoms with Crippen molar-refractivity contribution < 1.29 is 0 Å². The average Bonchev–Trinajstić information content (AvgIpc) is 1.83. The first-order chi connectivity index (χ1) is 5.64. The van der Waals surface area contributed by atoms with E-state index in [0.29, 0.717) is 0 Å². The summed E-state index contributed by atoms with van der Waals surface area (Å²) in [5.74, 6) is 0. The molecule has 0 aromatic heterocycles. The SMILES string of the molecule is CCN(S(C)(C)C)S(C)(C)N(C)C. The Balaban J connectivity index is 4.77. The van der Waals surface area contributed by atoms with E-state index in [-0.39, 0.29) is 0 Å². The van der Waals surface area contributed by atoms with Gasteiger partial charge >= 0.3 is 0 Å². The molecule has 0 radical (unpaired) electrons. The summed E-state index contributed by atoms with van der Waals surface area (Å²) in [4.78, 5) is 0. The van der Waals surface area contributed by atoms with E-state index in [9.17, 15) is 0 Å². The molecule has 0 saturated carbocycles. The monoisotopic (exact) mass is 226 g/mol. The fourth-order valence-corrected chi connectivity index (χ4v) is 7.98. The zero-order chi connectivity index (χ0) is 10.9. The molecule has 84 valence electrons. The van der Waals surface area contributed by atoms with Crippen LogP contribution in [0, 0.1) is 0 Å². The average molecular weight is 226 g/mol. The van der Waals surface area contributed by atoms with Gasteiger partial charge in [0.2, 0.25) is 0 Å². The van der Waals surface area contributed by atoms with Gasteiger partial charge in [0.25, 0.3) is 0 Å². The lowest BCUT2D eigenvalue weighted by atomic mass is 10.8. The molecule has 0 spiro atoms. The van der Waals surface area contributed by atoms with Crippen LogP contribution in [-0.4, -0.2) is 59.9 Å². The van der Waals surface area contributed by atoms with Gasteiger partial charge in [-0.15, -0.1) is 10.4 Å². The van der Waals surface area contributed by atoms with Crippen LogP contribution in [0.3, 0.4) is 0 Å². The van der Waals surface area contributed by atoms with Gasteiger partial charge in [0.1, 0.15) is 0 Å². The van der Waals surface area contributed by atoms with Gasteiger partial charge in [-0.2, -0.15) is 10.2 Å². The Morgan fingerprint density at radius 3 is 1.38 bits per heavy atom. The normalized spacial score (nSPS) is 16.8. The highest BCUT2D eigenvalue weighted by molar-refractivity contribution is 8.43. The molecule has 0 aliphatic rings. The smallest absolute Gasteiger partial charge is 0.0152 e. The lowest BCUT2D eigenvalue weighted by Crippen LogP contribution is -2.36. The van der Waals surface area contributed by atoms with Crippen LogP contribution in [-0.2, 0) is 0 Å². The lowest BCUT2D eigenvalue weighted by molar-refractivity contribution is 0.623. The molecule has 0 rings (SSSR count). The molecule has 2 nitrogen and oxygen atoms in total. The molecule has 0 heterocycles. The zero-order valence-electron chi connectivity index (χ0n) is 10.4. The summed E-state index contributed by atoms with van der Waals surface area (Å²) in [6, 6.07) is 0. The van der Waals surface area contributed by atoms with Gasteiger partial charge in [-0.1, -0.05) is 6.92 Å². The molecular weight excluding hydrogens is 200 g/mol. The second-order valence-electron chi connectivity index (χ2n) is 4.45. The minimum atomic E-state index is -0.743. The zero-order valence-corrected chi connectivity index (χ0v) is 12.1. The largest absolute Gasteiger partial charge is 0.262 e. The van der Waals surface area contributed by atoms with E-state index in [1.807, 2.05) is 0 Å². The first-order valence-electron chi connectivity index (χ1n) is 4.51. The standard InChI is InChI=1S/C9H26N2S2/c1-9-11(12(4,5)6)13(7,8)10(2)3/h9H2,1-8H3. The summed E-state index contributed by atoms with van der Waals surface area (Å²) >= 11 is 0. The van der Waals surface area contributed by atoms with Crippen LogP contribution in [0.2, 0.25) is 0 Å². The fraction of sp³-hybridized carbons (Fsp3) is 1.00. The maximum atomic E-state index is 2.67. The van der Waals surface area contributed by atoms with Crippen LogP contribution >= 0.6 is 20.6 Å². The third-order valence-electron chi connectivity index (χ3n) is 2.26. The van der Waals surface area contributed by atoms with Crippen molar-refractivity contribution >= 4 is 20.6 Å². The highest BCUT2D eigenvalue weighted by Crippen LogP contribution is 2.59. The first kappa shape index (κ1) is 13.6. The van der Waals surface area contributed by atoms with Crippen molar-refractivity contribution in [3.63, 3.8) is 0 Å². The maximum Gasteiger partial charge on any atom is 0.0152 e. The minimum absolute atomic E-state index is 0.589. The van der Waals surface area contributed by atoms with E-state index in [4.69, 9.17) is 0 Å². The second kappa shape index (κ2) is 4.43. The van der Waals surface area contributed by atoms with E-state index in [2.05, 4.69) is 60.3 Å². The van der Waals surface area contributed by atoms with Gasteiger partial charge in [0.05, 0.1) is 0 Å². The lowest BCUT2D eigenvalue weighted by Gasteiger charge is -2.55. The number of rotatable bonds is 4. The third kappa shape index (κ3) is 3.35. The van der Waals surface area contributed by atoms with E-state index < -0.39 is 20.6 Å². The molecule has 0 bridgehead atoms. The van der Waals surface area contributed by atoms with E-state index in [0.717, 1.165) is 6.54 Å². The van der Waals surface area contributed by atoms with Crippen molar-refractivity contribution in [3.8, 4) is 0 Å². The van der Waals surface area contributed by atoms with E-state index in [1.165, 1.54) is 0 Å². The third-order valence-corrected chi connectivity index (χ3v) is 9.22. The quantitative estimate of drug-likeness (QED) is 0.726. The Bertz CT molecular complexity index is 161. The molecule has 0 aromatic rings. The summed E-state index contributed by atoms with van der Waals surface area (Å²) in [6.07, 6.45) is 11.8. The Morgan fingerprint density at radius 2 is 1.31 bits per heavy atom. The summed E-state index contributed by atoms with van der Waals surface area (Å²) < 4.78 is 5.04. The van der Waals surface area contributed by atoms with Crippen molar-refractivity contribution in [1.29, 1.82) is 0 Å². The maximum absolute atomic E-state index is 2.67. The summed E-state index contributed by atoms with van der Waals surface area (Å²) in [5, 5.41) is 0. The molecule has 0 amide bonds.